The molecule has 0 aromatic rings. The van der Waals surface area contributed by atoms with Crippen molar-refractivity contribution in [1.82, 2.24) is 0 Å². The highest BCUT2D eigenvalue weighted by molar-refractivity contribution is 5.82. The van der Waals surface area contributed by atoms with Crippen molar-refractivity contribution < 1.29 is 24.6 Å². The summed E-state index contributed by atoms with van der Waals surface area (Å²) in [6, 6.07) is 0. The quantitative estimate of drug-likeness (QED) is 0.574. The van der Waals surface area contributed by atoms with Gasteiger partial charge in [-0.1, -0.05) is 0 Å². The van der Waals surface area contributed by atoms with Gasteiger partial charge < -0.3 is 10.2 Å². The summed E-state index contributed by atoms with van der Waals surface area (Å²) in [4.78, 5) is 31.2. The largest absolute Gasteiger partial charge is 0.481 e. The Hall–Kier alpha value is -1.39. The molecule has 0 aliphatic heterocycles. The van der Waals surface area contributed by atoms with E-state index in [1.54, 1.807) is 0 Å². The number of unbranched alkanes of at least 4 members (excludes halogenated alkanes) is 1. The van der Waals surface area contributed by atoms with Gasteiger partial charge in [0.05, 0.1) is 6.42 Å². The zero-order valence-electron chi connectivity index (χ0n) is 7.86. The van der Waals surface area contributed by atoms with Gasteiger partial charge in [0.25, 0.3) is 0 Å². The summed E-state index contributed by atoms with van der Waals surface area (Å²) in [5.74, 6) is -1.97. The molecule has 0 aromatic carbocycles. The monoisotopic (exact) mass is 202 g/mol. The summed E-state index contributed by atoms with van der Waals surface area (Å²) in [6.07, 6.45) is 1.23. The number of carbonyl (C=O) groups is 3. The summed E-state index contributed by atoms with van der Waals surface area (Å²) in [5.41, 5.74) is 0. The molecule has 0 saturated heterocycles. The van der Waals surface area contributed by atoms with Crippen LogP contribution in [0.3, 0.4) is 0 Å². The van der Waals surface area contributed by atoms with Gasteiger partial charge in [-0.25, -0.2) is 0 Å². The van der Waals surface area contributed by atoms with E-state index in [0.29, 0.717) is 12.8 Å². The lowest BCUT2D eigenvalue weighted by molar-refractivity contribution is -0.138. The molecule has 0 aliphatic carbocycles. The van der Waals surface area contributed by atoms with Crippen LogP contribution in [0, 0.1) is 0 Å². The highest BCUT2D eigenvalue weighted by Gasteiger charge is 2.05. The van der Waals surface area contributed by atoms with Crippen LogP contribution in [0.4, 0.5) is 0 Å². The number of aliphatic carboxylic acids is 2. The van der Waals surface area contributed by atoms with Crippen molar-refractivity contribution >= 4 is 17.7 Å². The Morgan fingerprint density at radius 3 is 1.71 bits per heavy atom. The molecule has 5 heteroatoms. The average molecular weight is 202 g/mol. The molecule has 0 saturated carbocycles. The fraction of sp³-hybridized carbons (Fsp3) is 0.667. The van der Waals surface area contributed by atoms with Crippen molar-refractivity contribution in [2.24, 2.45) is 0 Å². The maximum Gasteiger partial charge on any atom is 0.303 e. The van der Waals surface area contributed by atoms with Crippen LogP contribution in [0.25, 0.3) is 0 Å². The van der Waals surface area contributed by atoms with Gasteiger partial charge in [-0.15, -0.1) is 0 Å². The molecule has 0 radical (unpaired) electrons. The van der Waals surface area contributed by atoms with Crippen LogP contribution in [0.2, 0.25) is 0 Å². The van der Waals surface area contributed by atoms with Crippen molar-refractivity contribution in [2.75, 3.05) is 0 Å². The van der Waals surface area contributed by atoms with Gasteiger partial charge in [0.2, 0.25) is 0 Å². The number of hydrogen-bond donors (Lipinski definition) is 2. The standard InChI is InChI=1S/C9H14O5/c10-7(5-6-9(13)14)3-1-2-4-8(11)12/h1-6H2,(H,11,12)(H,13,14). The minimum atomic E-state index is -0.983. The minimum absolute atomic E-state index is 0.0441. The molecule has 5 nitrogen and oxygen atoms in total. The van der Waals surface area contributed by atoms with Crippen LogP contribution in [-0.4, -0.2) is 27.9 Å². The second-order valence-corrected chi connectivity index (χ2v) is 3.03. The molecule has 0 unspecified atom stereocenters. The molecule has 0 amide bonds. The minimum Gasteiger partial charge on any atom is -0.481 e. The molecule has 0 aromatic heterocycles. The lowest BCUT2D eigenvalue weighted by Crippen LogP contribution is -2.03. The molecule has 2 N–H and O–H groups in total. The zero-order valence-corrected chi connectivity index (χ0v) is 7.86. The van der Waals surface area contributed by atoms with E-state index in [2.05, 4.69) is 0 Å². The van der Waals surface area contributed by atoms with Gasteiger partial charge in [-0.3, -0.25) is 14.4 Å². The fourth-order valence-electron chi connectivity index (χ4n) is 0.970. The molecule has 0 heterocycles. The third-order valence-electron chi connectivity index (χ3n) is 1.71. The van der Waals surface area contributed by atoms with Gasteiger partial charge in [0.15, 0.2) is 0 Å². The Labute approximate surface area is 81.7 Å². The number of carboxylic acid groups (broad SMARTS) is 2. The highest BCUT2D eigenvalue weighted by Crippen LogP contribution is 2.03. The highest BCUT2D eigenvalue weighted by atomic mass is 16.4. The summed E-state index contributed by atoms with van der Waals surface area (Å²) in [7, 11) is 0. The smallest absolute Gasteiger partial charge is 0.303 e. The molecule has 0 rings (SSSR count). The Morgan fingerprint density at radius 1 is 0.714 bits per heavy atom. The number of hydrogen-bond acceptors (Lipinski definition) is 3. The second-order valence-electron chi connectivity index (χ2n) is 3.03. The molecule has 0 bridgehead atoms. The Kier molecular flexibility index (Phi) is 6.36. The molecule has 0 spiro atoms. The number of carboxylic acids is 2. The average Bonchev–Trinajstić information content (AvgIpc) is 2.08. The third-order valence-corrected chi connectivity index (χ3v) is 1.71. The van der Waals surface area contributed by atoms with Crippen molar-refractivity contribution in [2.45, 2.75) is 38.5 Å². The van der Waals surface area contributed by atoms with Gasteiger partial charge in [0.1, 0.15) is 5.78 Å². The van der Waals surface area contributed by atoms with Gasteiger partial charge in [-0.2, -0.15) is 0 Å². The molecule has 14 heavy (non-hydrogen) atoms. The van der Waals surface area contributed by atoms with Gasteiger partial charge in [0, 0.05) is 19.3 Å². The Morgan fingerprint density at radius 2 is 1.21 bits per heavy atom. The third kappa shape index (κ3) is 8.70. The fourth-order valence-corrected chi connectivity index (χ4v) is 0.970. The first-order valence-corrected chi connectivity index (χ1v) is 4.47. The maximum absolute atomic E-state index is 11.0. The molecular formula is C9H14O5. The lowest BCUT2D eigenvalue weighted by Gasteiger charge is -1.97. The normalized spacial score (nSPS) is 9.71. The van der Waals surface area contributed by atoms with Crippen molar-refractivity contribution in [3.05, 3.63) is 0 Å². The van der Waals surface area contributed by atoms with E-state index in [-0.39, 0.29) is 31.5 Å². The van der Waals surface area contributed by atoms with E-state index < -0.39 is 11.9 Å². The van der Waals surface area contributed by atoms with Crippen LogP contribution in [0.1, 0.15) is 38.5 Å². The van der Waals surface area contributed by atoms with Crippen LogP contribution in [-0.2, 0) is 14.4 Å². The van der Waals surface area contributed by atoms with Crippen LogP contribution in [0.15, 0.2) is 0 Å². The van der Waals surface area contributed by atoms with Crippen molar-refractivity contribution in [3.8, 4) is 0 Å². The van der Waals surface area contributed by atoms with E-state index in [1.165, 1.54) is 0 Å². The van der Waals surface area contributed by atoms with Gasteiger partial charge >= 0.3 is 11.9 Å². The van der Waals surface area contributed by atoms with Crippen molar-refractivity contribution in [1.29, 1.82) is 0 Å². The van der Waals surface area contributed by atoms with E-state index in [4.69, 9.17) is 10.2 Å². The first-order chi connectivity index (χ1) is 6.52. The molecule has 0 fully saturated rings. The summed E-state index contributed by atoms with van der Waals surface area (Å²) in [5, 5.41) is 16.6. The zero-order chi connectivity index (χ0) is 11.0. The molecule has 80 valence electrons. The SMILES string of the molecule is O=C(O)CCCCC(=O)CCC(=O)O. The summed E-state index contributed by atoms with van der Waals surface area (Å²) < 4.78 is 0. The number of Topliss-reactive ketones (excluding diaryl/α,β-unsaturated/α-hetero) is 1. The van der Waals surface area contributed by atoms with E-state index in [9.17, 15) is 14.4 Å². The van der Waals surface area contributed by atoms with Crippen molar-refractivity contribution in [3.63, 3.8) is 0 Å². The Balaban J connectivity index is 3.36. The van der Waals surface area contributed by atoms with Gasteiger partial charge in [-0.05, 0) is 12.8 Å². The molecular weight excluding hydrogens is 188 g/mol. The molecule has 0 aliphatic rings. The number of carbonyl (C=O) groups excluding carboxylic acids is 1. The van der Waals surface area contributed by atoms with Crippen LogP contribution >= 0.6 is 0 Å². The van der Waals surface area contributed by atoms with E-state index >= 15 is 0 Å². The van der Waals surface area contributed by atoms with Crippen LogP contribution < -0.4 is 0 Å². The molecule has 0 atom stereocenters. The summed E-state index contributed by atoms with van der Waals surface area (Å²) >= 11 is 0. The topological polar surface area (TPSA) is 91.7 Å². The van der Waals surface area contributed by atoms with E-state index in [0.717, 1.165) is 0 Å². The second kappa shape index (κ2) is 7.06. The Bertz CT molecular complexity index is 221. The predicted octanol–water partition coefficient (Wildman–Crippen LogP) is 1.07. The lowest BCUT2D eigenvalue weighted by atomic mass is 10.1. The number of rotatable bonds is 8. The first-order valence-electron chi connectivity index (χ1n) is 4.47. The first kappa shape index (κ1) is 12.6. The predicted molar refractivity (Wildman–Crippen MR) is 48.0 cm³/mol. The maximum atomic E-state index is 11.0. The van der Waals surface area contributed by atoms with E-state index in [1.807, 2.05) is 0 Å². The number of ketones is 1. The summed E-state index contributed by atoms with van der Waals surface area (Å²) in [6.45, 7) is 0. The van der Waals surface area contributed by atoms with Crippen LogP contribution in [0.5, 0.6) is 0 Å².